The van der Waals surface area contributed by atoms with Crippen LogP contribution in [0.3, 0.4) is 0 Å². The zero-order valence-electron chi connectivity index (χ0n) is 27.3. The molecule has 0 aromatic rings. The van der Waals surface area contributed by atoms with Crippen LogP contribution in [-0.2, 0) is 33.4 Å². The second-order valence-corrected chi connectivity index (χ2v) is 13.7. The first-order valence-corrected chi connectivity index (χ1v) is 15.3. The van der Waals surface area contributed by atoms with E-state index >= 15 is 0 Å². The van der Waals surface area contributed by atoms with Crippen molar-refractivity contribution in [3.05, 3.63) is 24.3 Å². The number of rotatable bonds is 7. The van der Waals surface area contributed by atoms with Gasteiger partial charge in [-0.1, -0.05) is 88.0 Å². The zero-order valence-corrected chi connectivity index (χ0v) is 27.3. The molecule has 0 spiro atoms. The van der Waals surface area contributed by atoms with Crippen molar-refractivity contribution in [1.82, 2.24) is 0 Å². The van der Waals surface area contributed by atoms with E-state index in [0.717, 1.165) is 0 Å². The highest BCUT2D eigenvalue weighted by atomic mass is 16.6. The number of allylic oxidation sites excluding steroid dienone is 1. The van der Waals surface area contributed by atoms with Crippen LogP contribution < -0.4 is 0 Å². The molecule has 1 fully saturated rings. The number of carbonyl (C=O) groups excluding carboxylic acids is 4. The van der Waals surface area contributed by atoms with E-state index in [-0.39, 0.29) is 12.0 Å². The number of hydrogen-bond donors (Lipinski definition) is 3. The topological polar surface area (TPSA) is 157 Å². The molecular weight excluding hydrogens is 556 g/mol. The molecule has 0 aromatic carbocycles. The minimum Gasteiger partial charge on any atom is -0.457 e. The van der Waals surface area contributed by atoms with Crippen molar-refractivity contribution in [1.29, 1.82) is 0 Å². The lowest BCUT2D eigenvalue weighted by atomic mass is 9.72. The van der Waals surface area contributed by atoms with Gasteiger partial charge >= 0.3 is 17.9 Å². The zero-order chi connectivity index (χ0) is 33.2. The first-order chi connectivity index (χ1) is 19.7. The molecule has 10 atom stereocenters. The number of Topliss-reactive ketones (excluding diaryl/α,β-unsaturated/α-hetero) is 1. The molecule has 1 unspecified atom stereocenters. The van der Waals surface area contributed by atoms with E-state index in [1.807, 2.05) is 0 Å². The fraction of sp³-hybridized carbons (Fsp3) is 0.758. The Balaban J connectivity index is 2.95. The summed E-state index contributed by atoms with van der Waals surface area (Å²) in [6, 6.07) is 0. The van der Waals surface area contributed by atoms with Gasteiger partial charge in [0.2, 0.25) is 0 Å². The number of carbonyl (C=O) groups is 4. The normalized spacial score (nSPS) is 36.3. The summed E-state index contributed by atoms with van der Waals surface area (Å²) >= 11 is 0. The smallest absolute Gasteiger partial charge is 0.309 e. The molecule has 0 saturated heterocycles. The van der Waals surface area contributed by atoms with Gasteiger partial charge in [-0.05, 0) is 18.8 Å². The van der Waals surface area contributed by atoms with Gasteiger partial charge < -0.3 is 29.5 Å². The molecule has 43 heavy (non-hydrogen) atoms. The average molecular weight is 609 g/mol. The molecule has 0 aromatic heterocycles. The lowest BCUT2D eigenvalue weighted by molar-refractivity contribution is -0.188. The van der Waals surface area contributed by atoms with Crippen LogP contribution in [0.5, 0.6) is 0 Å². The van der Waals surface area contributed by atoms with Gasteiger partial charge in [0.25, 0.3) is 0 Å². The Kier molecular flexibility index (Phi) is 12.0. The summed E-state index contributed by atoms with van der Waals surface area (Å²) in [5.41, 5.74) is -3.43. The summed E-state index contributed by atoms with van der Waals surface area (Å²) in [5, 5.41) is 35.3. The molecular formula is C33H52O10. The van der Waals surface area contributed by atoms with Crippen LogP contribution in [0.25, 0.3) is 0 Å². The third-order valence-electron chi connectivity index (χ3n) is 8.92. The summed E-state index contributed by atoms with van der Waals surface area (Å²) in [5.74, 6) is -7.34. The molecule has 244 valence electrons. The summed E-state index contributed by atoms with van der Waals surface area (Å²) in [4.78, 5) is 53.3. The molecule has 0 heterocycles. The van der Waals surface area contributed by atoms with Crippen LogP contribution in [0.1, 0.15) is 82.1 Å². The van der Waals surface area contributed by atoms with E-state index in [9.17, 15) is 34.5 Å². The average Bonchev–Trinajstić information content (AvgIpc) is 3.17. The van der Waals surface area contributed by atoms with E-state index in [1.54, 1.807) is 81.4 Å². The summed E-state index contributed by atoms with van der Waals surface area (Å²) < 4.78 is 17.7. The van der Waals surface area contributed by atoms with Crippen molar-refractivity contribution in [2.45, 2.75) is 118 Å². The Bertz CT molecular complexity index is 1090. The Morgan fingerprint density at radius 2 is 1.47 bits per heavy atom. The Morgan fingerprint density at radius 1 is 0.953 bits per heavy atom. The van der Waals surface area contributed by atoms with Gasteiger partial charge in [-0.3, -0.25) is 19.2 Å². The van der Waals surface area contributed by atoms with E-state index < -0.39 is 101 Å². The minimum absolute atomic E-state index is 0.117. The Hall–Kier alpha value is -2.56. The fourth-order valence-corrected chi connectivity index (χ4v) is 5.60. The minimum atomic E-state index is -2.15. The lowest BCUT2D eigenvalue weighted by Gasteiger charge is -2.43. The third kappa shape index (κ3) is 7.75. The predicted molar refractivity (Wildman–Crippen MR) is 159 cm³/mol. The number of esters is 3. The molecule has 0 bridgehead atoms. The molecule has 0 radical (unpaired) electrons. The van der Waals surface area contributed by atoms with Gasteiger partial charge in [0.1, 0.15) is 17.8 Å². The Morgan fingerprint density at radius 3 is 1.95 bits per heavy atom. The van der Waals surface area contributed by atoms with Gasteiger partial charge in [-0.25, -0.2) is 0 Å². The van der Waals surface area contributed by atoms with Crippen molar-refractivity contribution in [2.24, 2.45) is 40.9 Å². The van der Waals surface area contributed by atoms with Crippen molar-refractivity contribution in [3.8, 4) is 0 Å². The molecule has 10 nitrogen and oxygen atoms in total. The number of fused-ring (bicyclic) bond motifs is 1. The number of ether oxygens (including phenoxy) is 3. The summed E-state index contributed by atoms with van der Waals surface area (Å²) in [6.45, 7) is 20.6. The van der Waals surface area contributed by atoms with Crippen LogP contribution in [0.2, 0.25) is 0 Å². The maximum absolute atomic E-state index is 13.9. The second-order valence-electron chi connectivity index (χ2n) is 13.7. The SMILES string of the molecule is C=C1[C@H](OC(=O)C(C)C)[C@@H](OC(=O)C(C)CC)[C@@H](O)C(C)(C)/C=C/[C@H](C)C(=O)[C@@]2(O)C[C@H](C)[C@H](O)[C@@H]2[C@H]1OC(=O)C(C)C. The number of hydrogen-bond acceptors (Lipinski definition) is 10. The molecule has 0 aliphatic heterocycles. The summed E-state index contributed by atoms with van der Waals surface area (Å²) in [7, 11) is 0. The maximum Gasteiger partial charge on any atom is 0.309 e. The predicted octanol–water partition coefficient (Wildman–Crippen LogP) is 3.55. The van der Waals surface area contributed by atoms with E-state index in [2.05, 4.69) is 6.58 Å². The van der Waals surface area contributed by atoms with Crippen LogP contribution in [0.15, 0.2) is 24.3 Å². The van der Waals surface area contributed by atoms with Gasteiger partial charge in [0.15, 0.2) is 18.0 Å². The molecule has 10 heteroatoms. The quantitative estimate of drug-likeness (QED) is 0.222. The van der Waals surface area contributed by atoms with Crippen LogP contribution in [-0.4, -0.2) is 75.1 Å². The van der Waals surface area contributed by atoms with Gasteiger partial charge in [-0.15, -0.1) is 0 Å². The van der Waals surface area contributed by atoms with Crippen molar-refractivity contribution < 1.29 is 48.7 Å². The summed E-state index contributed by atoms with van der Waals surface area (Å²) in [6.07, 6.45) is -4.00. The largest absolute Gasteiger partial charge is 0.457 e. The highest BCUT2D eigenvalue weighted by Gasteiger charge is 2.61. The first kappa shape index (κ1) is 36.6. The number of aliphatic hydroxyl groups excluding tert-OH is 2. The fourth-order valence-electron chi connectivity index (χ4n) is 5.60. The van der Waals surface area contributed by atoms with Crippen molar-refractivity contribution in [2.75, 3.05) is 0 Å². The van der Waals surface area contributed by atoms with Crippen molar-refractivity contribution in [3.63, 3.8) is 0 Å². The van der Waals surface area contributed by atoms with Gasteiger partial charge in [0.05, 0.1) is 29.8 Å². The molecule has 2 aliphatic rings. The van der Waals surface area contributed by atoms with E-state index in [1.165, 1.54) is 0 Å². The van der Waals surface area contributed by atoms with Crippen LogP contribution in [0, 0.1) is 40.9 Å². The second kappa shape index (κ2) is 14.0. The van der Waals surface area contributed by atoms with Crippen molar-refractivity contribution >= 4 is 23.7 Å². The molecule has 2 aliphatic carbocycles. The van der Waals surface area contributed by atoms with Crippen LogP contribution in [0.4, 0.5) is 0 Å². The van der Waals surface area contributed by atoms with E-state index in [4.69, 9.17) is 14.2 Å². The van der Waals surface area contributed by atoms with Crippen LogP contribution >= 0.6 is 0 Å². The standard InChI is InChI=1S/C33H52O10/c1-12-18(6)31(39)43-26-25(42-30(38)17(4)5)21(9)24(41-29(37)16(2)3)22-23(34)20(8)15-33(22,40)27(35)19(7)13-14-32(10,11)28(26)36/h13-14,16-20,22-26,28,34,36,40H,9,12,15H2,1-8,10-11H3/b14-13+/t18?,19-,20-,22+,23-,24-,25-,26+,28+,33+/m0/s1. The monoisotopic (exact) mass is 608 g/mol. The maximum atomic E-state index is 13.9. The Labute approximate surface area is 255 Å². The molecule has 2 rings (SSSR count). The van der Waals surface area contributed by atoms with Gasteiger partial charge in [0, 0.05) is 16.9 Å². The first-order valence-electron chi connectivity index (χ1n) is 15.3. The van der Waals surface area contributed by atoms with Gasteiger partial charge in [-0.2, -0.15) is 0 Å². The highest BCUT2D eigenvalue weighted by molar-refractivity contribution is 5.91. The van der Waals surface area contributed by atoms with E-state index in [0.29, 0.717) is 6.42 Å². The molecule has 1 saturated carbocycles. The molecule has 0 amide bonds. The lowest BCUT2D eigenvalue weighted by Crippen LogP contribution is -2.57. The number of aliphatic hydroxyl groups is 3. The highest BCUT2D eigenvalue weighted by Crippen LogP contribution is 2.48. The third-order valence-corrected chi connectivity index (χ3v) is 8.92. The number of ketones is 1. The molecule has 3 N–H and O–H groups in total.